The van der Waals surface area contributed by atoms with Crippen LogP contribution in [0.5, 0.6) is 0 Å². The average molecular weight is 528 g/mol. The van der Waals surface area contributed by atoms with Gasteiger partial charge in [0.1, 0.15) is 5.82 Å². The minimum atomic E-state index is -1.16. The number of hydrogen-bond acceptors (Lipinski definition) is 4. The summed E-state index contributed by atoms with van der Waals surface area (Å²) < 4.78 is 13.3. The molecule has 6 N–H and O–H groups in total. The number of hydrogen-bond donors (Lipinski definition) is 5. The summed E-state index contributed by atoms with van der Waals surface area (Å²) in [7, 11) is 0. The molecule has 3 atom stereocenters. The lowest BCUT2D eigenvalue weighted by molar-refractivity contribution is -0.119. The van der Waals surface area contributed by atoms with E-state index in [1.165, 1.54) is 12.1 Å². The largest absolute Gasteiger partial charge is 0.359 e. The van der Waals surface area contributed by atoms with Crippen molar-refractivity contribution in [3.05, 3.63) is 81.9 Å². The number of nitrogens with two attached hydrogens (primary N) is 1. The molecule has 2 aromatic carbocycles. The number of nitrogens with one attached hydrogen (secondary N) is 4. The smallest absolute Gasteiger partial charge is 0.251 e. The molecule has 5 rings (SSSR count). The van der Waals surface area contributed by atoms with Crippen molar-refractivity contribution in [2.75, 3.05) is 17.2 Å². The zero-order chi connectivity index (χ0) is 27.9. The first-order valence-electron chi connectivity index (χ1n) is 12.9. The van der Waals surface area contributed by atoms with E-state index in [1.807, 2.05) is 20.8 Å². The molecule has 0 radical (unpaired) electrons. The molecule has 200 valence electrons. The molecule has 39 heavy (non-hydrogen) atoms. The number of halogens is 1. The summed E-state index contributed by atoms with van der Waals surface area (Å²) in [5.41, 5.74) is 9.79. The molecule has 1 spiro atoms. The van der Waals surface area contributed by atoms with Gasteiger partial charge >= 0.3 is 0 Å². The van der Waals surface area contributed by atoms with E-state index in [9.17, 15) is 18.8 Å². The fourth-order valence-corrected chi connectivity index (χ4v) is 5.28. The SMILES string of the molecule is Cc1[nH]c(C2C#CC23C(=O)Nc2ccc(C(=O)NC(C)c4ccc(F)cc4)cc23)c(C)c1NC(=O)CCCN. The second-order valence-corrected chi connectivity index (χ2v) is 10.1. The zero-order valence-electron chi connectivity index (χ0n) is 22.0. The van der Waals surface area contributed by atoms with Gasteiger partial charge in [0.05, 0.1) is 17.6 Å². The van der Waals surface area contributed by atoms with Crippen LogP contribution in [-0.2, 0) is 15.0 Å². The van der Waals surface area contributed by atoms with Gasteiger partial charge in [0.25, 0.3) is 5.91 Å². The molecule has 0 fully saturated rings. The van der Waals surface area contributed by atoms with Gasteiger partial charge in [-0.2, -0.15) is 0 Å². The van der Waals surface area contributed by atoms with Gasteiger partial charge in [-0.15, -0.1) is 0 Å². The number of rotatable bonds is 8. The van der Waals surface area contributed by atoms with Crippen molar-refractivity contribution in [2.45, 2.75) is 51.0 Å². The summed E-state index contributed by atoms with van der Waals surface area (Å²) in [6.07, 6.45) is 0.914. The van der Waals surface area contributed by atoms with E-state index in [0.29, 0.717) is 41.9 Å². The van der Waals surface area contributed by atoms with Gasteiger partial charge in [0.15, 0.2) is 5.41 Å². The Kier molecular flexibility index (Phi) is 6.74. The normalized spacial score (nSPS) is 19.4. The molecule has 1 aliphatic carbocycles. The van der Waals surface area contributed by atoms with Crippen LogP contribution >= 0.6 is 0 Å². The second-order valence-electron chi connectivity index (χ2n) is 10.1. The third kappa shape index (κ3) is 4.47. The highest BCUT2D eigenvalue weighted by Gasteiger charge is 2.56. The highest BCUT2D eigenvalue weighted by molar-refractivity contribution is 6.12. The highest BCUT2D eigenvalue weighted by Crippen LogP contribution is 2.52. The van der Waals surface area contributed by atoms with Crippen LogP contribution in [0.4, 0.5) is 15.8 Å². The Hall–Kier alpha value is -4.42. The quantitative estimate of drug-likeness (QED) is 0.284. The maximum atomic E-state index is 13.3. The summed E-state index contributed by atoms with van der Waals surface area (Å²) in [6, 6.07) is 10.7. The first-order chi connectivity index (χ1) is 18.6. The number of aryl methyl sites for hydroxylation is 1. The third-order valence-electron chi connectivity index (χ3n) is 7.51. The Morgan fingerprint density at radius 3 is 2.59 bits per heavy atom. The first-order valence-corrected chi connectivity index (χ1v) is 12.9. The number of carbonyl (C=O) groups excluding carboxylic acids is 3. The minimum absolute atomic E-state index is 0.124. The molecule has 8 nitrogen and oxygen atoms in total. The van der Waals surface area contributed by atoms with Gasteiger partial charge in [-0.25, -0.2) is 4.39 Å². The third-order valence-corrected chi connectivity index (χ3v) is 7.51. The van der Waals surface area contributed by atoms with Crippen molar-refractivity contribution >= 4 is 29.1 Å². The predicted octanol–water partition coefficient (Wildman–Crippen LogP) is 3.93. The lowest BCUT2D eigenvalue weighted by Gasteiger charge is -2.34. The highest BCUT2D eigenvalue weighted by atomic mass is 19.1. The number of H-pyrrole nitrogens is 1. The lowest BCUT2D eigenvalue weighted by Crippen LogP contribution is -2.44. The first kappa shape index (κ1) is 26.2. The molecule has 0 saturated carbocycles. The van der Waals surface area contributed by atoms with Crippen molar-refractivity contribution in [1.29, 1.82) is 0 Å². The molecular formula is C30H30FN5O3. The van der Waals surface area contributed by atoms with Crippen LogP contribution in [0.3, 0.4) is 0 Å². The van der Waals surface area contributed by atoms with Gasteiger partial charge in [0, 0.05) is 34.6 Å². The Morgan fingerprint density at radius 1 is 1.18 bits per heavy atom. The zero-order valence-corrected chi connectivity index (χ0v) is 22.0. The summed E-state index contributed by atoms with van der Waals surface area (Å²) in [5.74, 6) is 4.71. The van der Waals surface area contributed by atoms with Crippen LogP contribution < -0.4 is 21.7 Å². The number of aromatic nitrogens is 1. The number of carbonyl (C=O) groups is 3. The van der Waals surface area contributed by atoms with Crippen LogP contribution in [0.15, 0.2) is 42.5 Å². The standard InChI is InChI=1S/C30H30FN5O3/c1-16-26(36-25(37)5-4-14-32)18(3)33-27(16)22-12-13-30(22)23-15-20(8-11-24(23)35-29(30)39)28(38)34-17(2)19-6-9-21(31)10-7-19/h6-11,15,17,22,33H,4-5,14,32H2,1-3H3,(H,34,38)(H,35,39)(H,36,37). The molecule has 3 amide bonds. The van der Waals surface area contributed by atoms with Crippen LogP contribution in [0.2, 0.25) is 0 Å². The van der Waals surface area contributed by atoms with Gasteiger partial charge in [-0.1, -0.05) is 24.0 Å². The van der Waals surface area contributed by atoms with E-state index >= 15 is 0 Å². The van der Waals surface area contributed by atoms with E-state index in [0.717, 1.165) is 22.5 Å². The topological polar surface area (TPSA) is 129 Å². The van der Waals surface area contributed by atoms with Crippen molar-refractivity contribution in [3.8, 4) is 11.8 Å². The number of amides is 3. The minimum Gasteiger partial charge on any atom is -0.359 e. The summed E-state index contributed by atoms with van der Waals surface area (Å²) in [5, 5.41) is 8.81. The number of anilines is 2. The molecule has 3 aromatic rings. The van der Waals surface area contributed by atoms with E-state index in [1.54, 1.807) is 30.3 Å². The Bertz CT molecular complexity index is 1550. The second kappa shape index (κ2) is 10.0. The molecule has 2 heterocycles. The number of fused-ring (bicyclic) bond motifs is 2. The van der Waals surface area contributed by atoms with Crippen molar-refractivity contribution < 1.29 is 18.8 Å². The molecule has 3 unspecified atom stereocenters. The maximum absolute atomic E-state index is 13.3. The van der Waals surface area contributed by atoms with E-state index in [-0.39, 0.29) is 29.6 Å². The fraction of sp³-hybridized carbons (Fsp3) is 0.300. The van der Waals surface area contributed by atoms with Crippen molar-refractivity contribution in [2.24, 2.45) is 5.73 Å². The number of benzene rings is 2. The van der Waals surface area contributed by atoms with Crippen LogP contribution in [0.1, 0.15) is 70.2 Å². The molecule has 1 aliphatic heterocycles. The van der Waals surface area contributed by atoms with Crippen LogP contribution in [0, 0.1) is 31.5 Å². The lowest BCUT2D eigenvalue weighted by atomic mass is 9.64. The summed E-state index contributed by atoms with van der Waals surface area (Å²) in [6.45, 7) is 6.01. The predicted molar refractivity (Wildman–Crippen MR) is 147 cm³/mol. The summed E-state index contributed by atoms with van der Waals surface area (Å²) >= 11 is 0. The van der Waals surface area contributed by atoms with E-state index in [4.69, 9.17) is 5.73 Å². The van der Waals surface area contributed by atoms with E-state index in [2.05, 4.69) is 32.8 Å². The Balaban J connectivity index is 1.42. The molecular weight excluding hydrogens is 497 g/mol. The average Bonchev–Trinajstić information content (AvgIpc) is 3.35. The molecule has 2 aliphatic rings. The van der Waals surface area contributed by atoms with Gasteiger partial charge in [-0.3, -0.25) is 14.4 Å². The summed E-state index contributed by atoms with van der Waals surface area (Å²) in [4.78, 5) is 42.2. The molecule has 1 aromatic heterocycles. The monoisotopic (exact) mass is 527 g/mol. The van der Waals surface area contributed by atoms with Crippen LogP contribution in [0.25, 0.3) is 0 Å². The van der Waals surface area contributed by atoms with Gasteiger partial charge < -0.3 is 26.7 Å². The Morgan fingerprint density at radius 2 is 1.92 bits per heavy atom. The van der Waals surface area contributed by atoms with Crippen molar-refractivity contribution in [3.63, 3.8) is 0 Å². The molecule has 0 saturated heterocycles. The van der Waals surface area contributed by atoms with Crippen molar-refractivity contribution in [1.82, 2.24) is 10.3 Å². The number of aromatic amines is 1. The van der Waals surface area contributed by atoms with E-state index < -0.39 is 11.3 Å². The van der Waals surface area contributed by atoms with Gasteiger partial charge in [0.2, 0.25) is 11.8 Å². The molecule has 9 heteroatoms. The fourth-order valence-electron chi connectivity index (χ4n) is 5.28. The Labute approximate surface area is 225 Å². The van der Waals surface area contributed by atoms with Crippen LogP contribution in [-0.4, -0.2) is 29.3 Å². The maximum Gasteiger partial charge on any atom is 0.251 e. The molecule has 0 bridgehead atoms. The van der Waals surface area contributed by atoms with Gasteiger partial charge in [-0.05, 0) is 75.2 Å².